The van der Waals surface area contributed by atoms with Crippen LogP contribution < -0.4 is 0 Å². The van der Waals surface area contributed by atoms with Crippen molar-refractivity contribution < 1.29 is 4.79 Å². The van der Waals surface area contributed by atoms with Crippen molar-refractivity contribution in [3.63, 3.8) is 0 Å². The number of nitrogens with zero attached hydrogens (tertiary/aromatic N) is 5. The molecule has 29 heavy (non-hydrogen) atoms. The van der Waals surface area contributed by atoms with Crippen molar-refractivity contribution in [2.45, 2.75) is 83.6 Å². The normalized spacial score (nSPS) is 19.7. The summed E-state index contributed by atoms with van der Waals surface area (Å²) >= 11 is 1.51. The number of carbonyl (C=O) groups is 1. The number of hydrogen-bond donors (Lipinski definition) is 0. The van der Waals surface area contributed by atoms with E-state index >= 15 is 0 Å². The molecule has 0 unspecified atom stereocenters. The number of pyridine rings is 1. The van der Waals surface area contributed by atoms with E-state index in [0.717, 1.165) is 23.0 Å². The minimum absolute atomic E-state index is 0.147. The molecular weight excluding hydrogens is 382 g/mol. The highest BCUT2D eigenvalue weighted by molar-refractivity contribution is 7.99. The minimum Gasteiger partial charge on any atom is -0.337 e. The van der Waals surface area contributed by atoms with Gasteiger partial charge in [-0.3, -0.25) is 14.3 Å². The third-order valence-electron chi connectivity index (χ3n) is 5.71. The first-order chi connectivity index (χ1) is 13.9. The minimum atomic E-state index is 0.147. The average molecular weight is 416 g/mol. The van der Waals surface area contributed by atoms with Gasteiger partial charge < -0.3 is 4.90 Å². The largest absolute Gasteiger partial charge is 0.337 e. The molecule has 0 radical (unpaired) electrons. The highest BCUT2D eigenvalue weighted by Gasteiger charge is 2.29. The fourth-order valence-corrected chi connectivity index (χ4v) is 5.28. The van der Waals surface area contributed by atoms with Gasteiger partial charge in [0, 0.05) is 36.1 Å². The molecule has 0 saturated heterocycles. The Kier molecular flexibility index (Phi) is 7.33. The smallest absolute Gasteiger partial charge is 0.233 e. The zero-order chi connectivity index (χ0) is 21.0. The van der Waals surface area contributed by atoms with Crippen LogP contribution in [-0.2, 0) is 4.79 Å². The summed E-state index contributed by atoms with van der Waals surface area (Å²) in [5, 5.41) is 9.85. The van der Waals surface area contributed by atoms with Gasteiger partial charge in [-0.2, -0.15) is 0 Å². The highest BCUT2D eigenvalue weighted by Crippen LogP contribution is 2.38. The van der Waals surface area contributed by atoms with Gasteiger partial charge >= 0.3 is 0 Å². The first kappa shape index (κ1) is 21.8. The number of aromatic nitrogens is 4. The van der Waals surface area contributed by atoms with E-state index in [2.05, 4.69) is 54.4 Å². The molecule has 0 bridgehead atoms. The lowest BCUT2D eigenvalue weighted by atomic mass is 9.85. The molecule has 1 saturated carbocycles. The molecule has 0 aliphatic heterocycles. The van der Waals surface area contributed by atoms with E-state index in [1.807, 2.05) is 23.2 Å². The van der Waals surface area contributed by atoms with Gasteiger partial charge in [0.25, 0.3) is 0 Å². The average Bonchev–Trinajstić information content (AvgIpc) is 3.10. The zero-order valence-electron chi connectivity index (χ0n) is 18.2. The fraction of sp³-hybridized carbons (Fsp3) is 0.636. The predicted octanol–water partition coefficient (Wildman–Crippen LogP) is 4.83. The number of rotatable bonds is 7. The van der Waals surface area contributed by atoms with Crippen molar-refractivity contribution in [1.29, 1.82) is 0 Å². The Balaban J connectivity index is 1.88. The summed E-state index contributed by atoms with van der Waals surface area (Å²) in [4.78, 5) is 19.1. The molecule has 0 N–H and O–H groups in total. The quantitative estimate of drug-likeness (QED) is 0.606. The van der Waals surface area contributed by atoms with Gasteiger partial charge in [0.05, 0.1) is 5.75 Å². The topological polar surface area (TPSA) is 63.9 Å². The number of amides is 1. The first-order valence-corrected chi connectivity index (χ1v) is 11.7. The van der Waals surface area contributed by atoms with Crippen LogP contribution in [-0.4, -0.2) is 48.4 Å². The fourth-order valence-electron chi connectivity index (χ4n) is 4.42. The second-order valence-electron chi connectivity index (χ2n) is 8.52. The SMILES string of the molecule is CC(C)N(C(=O)CSc1nnc(-c2cccnc2)n1[C@H]1CCCC[C@@H]1C)C(C)C. The summed E-state index contributed by atoms with van der Waals surface area (Å²) < 4.78 is 2.27. The Morgan fingerprint density at radius 1 is 1.21 bits per heavy atom. The molecule has 2 aromatic heterocycles. The van der Waals surface area contributed by atoms with E-state index in [-0.39, 0.29) is 18.0 Å². The Hall–Kier alpha value is -1.89. The van der Waals surface area contributed by atoms with Crippen LogP contribution in [0.1, 0.15) is 66.3 Å². The number of carbonyl (C=O) groups excluding carboxylic acids is 1. The monoisotopic (exact) mass is 415 g/mol. The lowest BCUT2D eigenvalue weighted by Gasteiger charge is -2.32. The van der Waals surface area contributed by atoms with E-state index in [0.29, 0.717) is 17.7 Å². The molecule has 2 heterocycles. The van der Waals surface area contributed by atoms with Crippen molar-refractivity contribution in [2.24, 2.45) is 5.92 Å². The second-order valence-corrected chi connectivity index (χ2v) is 9.47. The van der Waals surface area contributed by atoms with Crippen molar-refractivity contribution >= 4 is 17.7 Å². The van der Waals surface area contributed by atoms with Gasteiger partial charge in [0.15, 0.2) is 11.0 Å². The summed E-state index contributed by atoms with van der Waals surface area (Å²) in [5.74, 6) is 1.95. The first-order valence-electron chi connectivity index (χ1n) is 10.7. The van der Waals surface area contributed by atoms with Crippen LogP contribution in [0.2, 0.25) is 0 Å². The van der Waals surface area contributed by atoms with Crippen molar-refractivity contribution in [1.82, 2.24) is 24.6 Å². The lowest BCUT2D eigenvalue weighted by Crippen LogP contribution is -2.43. The predicted molar refractivity (Wildman–Crippen MR) is 118 cm³/mol. The molecule has 0 spiro atoms. The molecular formula is C22H33N5OS. The van der Waals surface area contributed by atoms with E-state index in [4.69, 9.17) is 0 Å². The van der Waals surface area contributed by atoms with Gasteiger partial charge in [0.2, 0.25) is 5.91 Å². The van der Waals surface area contributed by atoms with E-state index in [1.54, 1.807) is 6.20 Å². The van der Waals surface area contributed by atoms with Crippen LogP contribution in [0, 0.1) is 5.92 Å². The Morgan fingerprint density at radius 3 is 2.55 bits per heavy atom. The number of thioether (sulfide) groups is 1. The lowest BCUT2D eigenvalue weighted by molar-refractivity contribution is -0.131. The summed E-state index contributed by atoms with van der Waals surface area (Å²) in [6, 6.07) is 4.69. The van der Waals surface area contributed by atoms with Gasteiger partial charge in [0.1, 0.15) is 0 Å². The van der Waals surface area contributed by atoms with E-state index < -0.39 is 0 Å². The Labute approximate surface area is 178 Å². The van der Waals surface area contributed by atoms with Gasteiger partial charge in [-0.05, 0) is 58.6 Å². The maximum Gasteiger partial charge on any atom is 0.233 e. The van der Waals surface area contributed by atoms with Crippen LogP contribution in [0.25, 0.3) is 11.4 Å². The highest BCUT2D eigenvalue weighted by atomic mass is 32.2. The molecule has 1 aliphatic rings. The van der Waals surface area contributed by atoms with Crippen LogP contribution in [0.3, 0.4) is 0 Å². The van der Waals surface area contributed by atoms with E-state index in [1.165, 1.54) is 31.0 Å². The summed E-state index contributed by atoms with van der Waals surface area (Å²) in [5.41, 5.74) is 0.974. The second kappa shape index (κ2) is 9.74. The Morgan fingerprint density at radius 2 is 1.93 bits per heavy atom. The van der Waals surface area contributed by atoms with Crippen LogP contribution in [0.4, 0.5) is 0 Å². The van der Waals surface area contributed by atoms with Crippen LogP contribution in [0.5, 0.6) is 0 Å². The maximum atomic E-state index is 12.9. The zero-order valence-corrected chi connectivity index (χ0v) is 19.0. The third-order valence-corrected chi connectivity index (χ3v) is 6.64. The summed E-state index contributed by atoms with van der Waals surface area (Å²) in [6.07, 6.45) is 8.45. The van der Waals surface area contributed by atoms with Gasteiger partial charge in [-0.25, -0.2) is 0 Å². The van der Waals surface area contributed by atoms with Crippen molar-refractivity contribution in [2.75, 3.05) is 5.75 Å². The van der Waals surface area contributed by atoms with Gasteiger partial charge in [-0.15, -0.1) is 10.2 Å². The molecule has 1 fully saturated rings. The maximum absolute atomic E-state index is 12.9. The van der Waals surface area contributed by atoms with Crippen molar-refractivity contribution in [3.05, 3.63) is 24.5 Å². The molecule has 2 atom stereocenters. The summed E-state index contributed by atoms with van der Waals surface area (Å²) in [7, 11) is 0. The van der Waals surface area contributed by atoms with Crippen LogP contribution >= 0.6 is 11.8 Å². The molecule has 2 aromatic rings. The van der Waals surface area contributed by atoms with E-state index in [9.17, 15) is 4.79 Å². The Bertz CT molecular complexity index is 797. The van der Waals surface area contributed by atoms with Gasteiger partial charge in [-0.1, -0.05) is 31.5 Å². The summed E-state index contributed by atoms with van der Waals surface area (Å²) in [6.45, 7) is 10.6. The van der Waals surface area contributed by atoms with Crippen LogP contribution in [0.15, 0.2) is 29.7 Å². The molecule has 6 nitrogen and oxygen atoms in total. The molecule has 0 aromatic carbocycles. The van der Waals surface area contributed by atoms with Crippen molar-refractivity contribution in [3.8, 4) is 11.4 Å². The number of hydrogen-bond acceptors (Lipinski definition) is 5. The molecule has 1 amide bonds. The standard InChI is InChI=1S/C22H33N5OS/c1-15(2)26(16(3)4)20(28)14-29-22-25-24-21(18-10-8-12-23-13-18)27(22)19-11-7-6-9-17(19)5/h8,10,12-13,15-17,19H,6-7,9,11,14H2,1-5H3/t17-,19-/m0/s1. The third kappa shape index (κ3) is 5.00. The molecule has 7 heteroatoms. The molecule has 1 aliphatic carbocycles. The molecule has 158 valence electrons. The molecule has 3 rings (SSSR count).